The van der Waals surface area contributed by atoms with Crippen LogP contribution in [0.25, 0.3) is 17.5 Å². The van der Waals surface area contributed by atoms with E-state index in [0.29, 0.717) is 23.1 Å². The van der Waals surface area contributed by atoms with Crippen LogP contribution in [0, 0.1) is 11.3 Å². The molecular weight excluding hydrogens is 360 g/mol. The highest BCUT2D eigenvalue weighted by Gasteiger charge is 2.23. The van der Waals surface area contributed by atoms with Crippen LogP contribution < -0.4 is 9.62 Å². The second-order valence-electron chi connectivity index (χ2n) is 6.00. The molecule has 0 spiro atoms. The van der Waals surface area contributed by atoms with Crippen molar-refractivity contribution in [1.29, 1.82) is 5.41 Å². The number of H-pyrrole nitrogens is 1. The molecule has 1 aliphatic heterocycles. The van der Waals surface area contributed by atoms with Crippen LogP contribution in [-0.2, 0) is 0 Å². The van der Waals surface area contributed by atoms with Crippen LogP contribution in [0.15, 0.2) is 24.7 Å². The second kappa shape index (κ2) is 8.37. The third kappa shape index (κ3) is 4.44. The van der Waals surface area contributed by atoms with E-state index in [9.17, 15) is 8.78 Å². The van der Waals surface area contributed by atoms with Crippen LogP contribution in [0.1, 0.15) is 12.2 Å². The van der Waals surface area contributed by atoms with Gasteiger partial charge in [0.05, 0.1) is 23.3 Å². The van der Waals surface area contributed by atoms with Gasteiger partial charge in [0.1, 0.15) is 18.0 Å². The summed E-state index contributed by atoms with van der Waals surface area (Å²) in [5.41, 5.74) is 0.568. The molecule has 1 unspecified atom stereocenters. The zero-order valence-electron chi connectivity index (χ0n) is 13.9. The number of halogens is 2. The minimum absolute atomic E-state index is 0.381. The second-order valence-corrected chi connectivity index (χ2v) is 6.31. The number of hydrogen-bond acceptors (Lipinski definition) is 7. The van der Waals surface area contributed by atoms with Crippen molar-refractivity contribution < 1.29 is 8.78 Å². The maximum Gasteiger partial charge on any atom is 0.279 e. The van der Waals surface area contributed by atoms with E-state index in [1.165, 1.54) is 12.4 Å². The van der Waals surface area contributed by atoms with Crippen LogP contribution in [-0.4, -0.2) is 51.7 Å². The summed E-state index contributed by atoms with van der Waals surface area (Å²) in [6.45, 7) is 2.67. The summed E-state index contributed by atoms with van der Waals surface area (Å²) in [6, 6.07) is 1.87. The fourth-order valence-corrected chi connectivity index (χ4v) is 3.05. The quantitative estimate of drug-likeness (QED) is 0.438. The summed E-state index contributed by atoms with van der Waals surface area (Å²) in [5.74, 6) is 1.74. The number of allylic oxidation sites excluding steroid dienone is 1. The molecule has 3 N–H and O–H groups in total. The van der Waals surface area contributed by atoms with Gasteiger partial charge in [0, 0.05) is 25.7 Å². The zero-order valence-corrected chi connectivity index (χ0v) is 14.8. The molecule has 2 aromatic heterocycles. The van der Waals surface area contributed by atoms with Gasteiger partial charge in [-0.1, -0.05) is 12.8 Å². The number of nitrogens with zero attached hydrogens (tertiary/aromatic N) is 4. The van der Waals surface area contributed by atoms with Crippen LogP contribution in [0.5, 0.6) is 0 Å². The average molecular weight is 379 g/mol. The van der Waals surface area contributed by atoms with Crippen molar-refractivity contribution in [2.75, 3.05) is 24.5 Å². The minimum Gasteiger partial charge on any atom is -0.356 e. The van der Waals surface area contributed by atoms with E-state index in [0.717, 1.165) is 37.9 Å². The van der Waals surface area contributed by atoms with Gasteiger partial charge in [-0.05, 0) is 24.5 Å². The van der Waals surface area contributed by atoms with Crippen molar-refractivity contribution in [2.45, 2.75) is 12.8 Å². The number of nitrogens with one attached hydrogen (secondary N) is 3. The van der Waals surface area contributed by atoms with E-state index in [-0.39, 0.29) is 0 Å². The van der Waals surface area contributed by atoms with Gasteiger partial charge in [0.15, 0.2) is 0 Å². The molecule has 0 aromatic carbocycles. The van der Waals surface area contributed by atoms with Gasteiger partial charge in [0.25, 0.3) is 6.43 Å². The van der Waals surface area contributed by atoms with E-state index in [2.05, 4.69) is 42.4 Å². The first-order valence-corrected chi connectivity index (χ1v) is 8.55. The highest BCUT2D eigenvalue weighted by Crippen LogP contribution is 2.24. The van der Waals surface area contributed by atoms with E-state index in [1.54, 1.807) is 6.20 Å². The Morgan fingerprint density at radius 2 is 2.31 bits per heavy atom. The minimum atomic E-state index is -2.80. The van der Waals surface area contributed by atoms with Crippen molar-refractivity contribution in [2.24, 2.45) is 5.92 Å². The summed E-state index contributed by atoms with van der Waals surface area (Å²) >= 11 is 4.05. The molecular formula is C16H19F2N7S. The summed E-state index contributed by atoms with van der Waals surface area (Å²) in [5, 5.41) is 7.12. The Labute approximate surface area is 155 Å². The summed E-state index contributed by atoms with van der Waals surface area (Å²) in [7, 11) is 0. The smallest absolute Gasteiger partial charge is 0.279 e. The van der Waals surface area contributed by atoms with Crippen LogP contribution in [0.4, 0.5) is 14.6 Å². The first-order chi connectivity index (χ1) is 12.6. The molecule has 138 valence electrons. The Bertz CT molecular complexity index is 792. The molecule has 1 fully saturated rings. The Morgan fingerprint density at radius 1 is 1.46 bits per heavy atom. The Morgan fingerprint density at radius 3 is 3.08 bits per heavy atom. The van der Waals surface area contributed by atoms with Gasteiger partial charge in [-0.15, -0.1) is 0 Å². The predicted molar refractivity (Wildman–Crippen MR) is 99.7 cm³/mol. The third-order valence-electron chi connectivity index (χ3n) is 4.17. The largest absolute Gasteiger partial charge is 0.356 e. The number of anilines is 1. The standard InChI is InChI=1S/C16H19F2N7S/c17-16(18)11(19)1-2-14-20-7-13(24-14)12-5-15(22-9-21-12)25-4-3-10(8-25)6-23-26/h1-2,5,7,9-10,16,19,23,26H,3-4,6,8H2,(H,20,24)/b2-1-,19-11?. The Hall–Kier alpha value is -2.33. The van der Waals surface area contributed by atoms with Crippen LogP contribution >= 0.6 is 12.8 Å². The van der Waals surface area contributed by atoms with Crippen molar-refractivity contribution >= 4 is 30.4 Å². The first-order valence-electron chi connectivity index (χ1n) is 8.11. The van der Waals surface area contributed by atoms with Gasteiger partial charge in [-0.2, -0.15) is 0 Å². The molecule has 1 saturated heterocycles. The molecule has 2 aromatic rings. The van der Waals surface area contributed by atoms with E-state index in [1.807, 2.05) is 6.07 Å². The monoisotopic (exact) mass is 379 g/mol. The Balaban J connectivity index is 1.72. The summed E-state index contributed by atoms with van der Waals surface area (Å²) in [4.78, 5) is 17.9. The van der Waals surface area contributed by atoms with Crippen LogP contribution in [0.3, 0.4) is 0 Å². The van der Waals surface area contributed by atoms with E-state index >= 15 is 0 Å². The number of imidazole rings is 1. The van der Waals surface area contributed by atoms with Crippen molar-refractivity contribution in [3.05, 3.63) is 30.5 Å². The normalized spacial score (nSPS) is 17.5. The molecule has 3 heterocycles. The lowest BCUT2D eigenvalue weighted by Gasteiger charge is -2.17. The van der Waals surface area contributed by atoms with Gasteiger partial charge >= 0.3 is 0 Å². The maximum atomic E-state index is 12.3. The number of alkyl halides is 2. The van der Waals surface area contributed by atoms with Gasteiger partial charge in [-0.3, -0.25) is 10.1 Å². The first kappa shape index (κ1) is 18.5. The molecule has 1 atom stereocenters. The lowest BCUT2D eigenvalue weighted by atomic mass is 10.1. The molecule has 7 nitrogen and oxygen atoms in total. The third-order valence-corrected chi connectivity index (χ3v) is 4.35. The SMILES string of the molecule is N=C(/C=C\c1ncc(-c2cc(N3CCC(CNS)C3)ncn2)[nH]1)C(F)F. The predicted octanol–water partition coefficient (Wildman–Crippen LogP) is 2.43. The number of rotatable bonds is 7. The molecule has 0 amide bonds. The topological polar surface area (TPSA) is 93.6 Å². The maximum absolute atomic E-state index is 12.3. The molecule has 0 aliphatic carbocycles. The number of thiol groups is 1. The molecule has 0 bridgehead atoms. The van der Waals surface area contributed by atoms with E-state index in [4.69, 9.17) is 5.41 Å². The summed E-state index contributed by atoms with van der Waals surface area (Å²) in [6.07, 6.45) is 3.72. The van der Waals surface area contributed by atoms with Gasteiger partial charge < -0.3 is 9.88 Å². The number of hydrogen-bond donors (Lipinski definition) is 4. The lowest BCUT2D eigenvalue weighted by molar-refractivity contribution is 0.226. The highest BCUT2D eigenvalue weighted by molar-refractivity contribution is 7.78. The van der Waals surface area contributed by atoms with E-state index < -0.39 is 12.1 Å². The van der Waals surface area contributed by atoms with Crippen molar-refractivity contribution in [3.8, 4) is 11.4 Å². The molecule has 0 radical (unpaired) electrons. The highest BCUT2D eigenvalue weighted by atomic mass is 32.1. The molecule has 3 rings (SSSR count). The number of aromatic nitrogens is 4. The fraction of sp³-hybridized carbons (Fsp3) is 0.375. The molecule has 0 saturated carbocycles. The number of aromatic amines is 1. The van der Waals surface area contributed by atoms with Gasteiger partial charge in [0.2, 0.25) is 0 Å². The molecule has 10 heteroatoms. The fourth-order valence-electron chi connectivity index (χ4n) is 2.80. The molecule has 1 aliphatic rings. The lowest BCUT2D eigenvalue weighted by Crippen LogP contribution is -2.23. The van der Waals surface area contributed by atoms with Crippen LogP contribution in [0.2, 0.25) is 0 Å². The molecule has 26 heavy (non-hydrogen) atoms. The van der Waals surface area contributed by atoms with Crippen molar-refractivity contribution in [1.82, 2.24) is 24.7 Å². The average Bonchev–Trinajstić information content (AvgIpc) is 3.29. The Kier molecular flexibility index (Phi) is 5.94. The zero-order chi connectivity index (χ0) is 18.5. The van der Waals surface area contributed by atoms with Crippen molar-refractivity contribution in [3.63, 3.8) is 0 Å². The summed E-state index contributed by atoms with van der Waals surface area (Å²) < 4.78 is 27.6. The van der Waals surface area contributed by atoms with Gasteiger partial charge in [-0.25, -0.2) is 23.7 Å².